The van der Waals surface area contributed by atoms with Gasteiger partial charge in [0.2, 0.25) is 5.91 Å². The molecule has 0 bridgehead atoms. The Kier molecular flexibility index (Phi) is 7.12. The van der Waals surface area contributed by atoms with E-state index in [0.29, 0.717) is 27.3 Å². The third kappa shape index (κ3) is 5.20. The summed E-state index contributed by atoms with van der Waals surface area (Å²) in [5, 5.41) is 15.3. The van der Waals surface area contributed by atoms with E-state index < -0.39 is 0 Å². The Bertz CT molecular complexity index is 1050. The topological polar surface area (TPSA) is 88.9 Å². The SMILES string of the molecule is Cc1c(Cl)cccc1NC(=O)CSc1nnc([C@@H](C)NC(=O)c2ccccc2)n1C. The number of carbonyl (C=O) groups excluding carboxylic acids is 2. The van der Waals surface area contributed by atoms with Crippen LogP contribution in [0.4, 0.5) is 5.69 Å². The van der Waals surface area contributed by atoms with Crippen LogP contribution in [-0.4, -0.2) is 32.3 Å². The third-order valence-corrected chi connectivity index (χ3v) is 5.94. The standard InChI is InChI=1S/C21H22ClN5O2S/c1-13-16(22)10-7-11-17(13)24-18(28)12-30-21-26-25-19(27(21)3)14(2)23-20(29)15-8-5-4-6-9-15/h4-11,14H,12H2,1-3H3,(H,23,29)(H,24,28)/t14-/m1/s1. The Morgan fingerprint density at radius 3 is 2.60 bits per heavy atom. The van der Waals surface area contributed by atoms with Crippen LogP contribution in [0.5, 0.6) is 0 Å². The van der Waals surface area contributed by atoms with E-state index in [0.717, 1.165) is 5.56 Å². The third-order valence-electron chi connectivity index (χ3n) is 4.51. The lowest BCUT2D eigenvalue weighted by Crippen LogP contribution is -2.28. The minimum Gasteiger partial charge on any atom is -0.342 e. The van der Waals surface area contributed by atoms with Gasteiger partial charge in [0.05, 0.1) is 11.8 Å². The maximum Gasteiger partial charge on any atom is 0.251 e. The molecule has 2 aromatic carbocycles. The van der Waals surface area contributed by atoms with Crippen LogP contribution < -0.4 is 10.6 Å². The lowest BCUT2D eigenvalue weighted by Gasteiger charge is -2.13. The van der Waals surface area contributed by atoms with Crippen molar-refractivity contribution in [3.63, 3.8) is 0 Å². The summed E-state index contributed by atoms with van der Waals surface area (Å²) in [5.74, 6) is 0.424. The molecule has 3 aromatic rings. The van der Waals surface area contributed by atoms with Gasteiger partial charge in [-0.05, 0) is 43.7 Å². The van der Waals surface area contributed by atoms with Gasteiger partial charge in [-0.1, -0.05) is 47.6 Å². The summed E-state index contributed by atoms with van der Waals surface area (Å²) in [4.78, 5) is 24.7. The predicted octanol–water partition coefficient (Wildman–Crippen LogP) is 4.00. The number of benzene rings is 2. The van der Waals surface area contributed by atoms with Crippen molar-refractivity contribution in [1.82, 2.24) is 20.1 Å². The average Bonchev–Trinajstić information content (AvgIpc) is 3.11. The zero-order valence-corrected chi connectivity index (χ0v) is 18.4. The van der Waals surface area contributed by atoms with Crippen LogP contribution in [0, 0.1) is 6.92 Å². The Labute approximate surface area is 184 Å². The first-order valence-electron chi connectivity index (χ1n) is 9.29. The highest BCUT2D eigenvalue weighted by molar-refractivity contribution is 7.99. The second-order valence-corrected chi connectivity index (χ2v) is 8.06. The van der Waals surface area contributed by atoms with E-state index in [2.05, 4.69) is 20.8 Å². The number of hydrogen-bond acceptors (Lipinski definition) is 5. The van der Waals surface area contributed by atoms with Crippen molar-refractivity contribution in [2.24, 2.45) is 7.05 Å². The highest BCUT2D eigenvalue weighted by Gasteiger charge is 2.19. The summed E-state index contributed by atoms with van der Waals surface area (Å²) in [6, 6.07) is 14.0. The molecule has 1 aromatic heterocycles. The number of anilines is 1. The molecule has 7 nitrogen and oxygen atoms in total. The summed E-state index contributed by atoms with van der Waals surface area (Å²) >= 11 is 7.36. The van der Waals surface area contributed by atoms with E-state index in [9.17, 15) is 9.59 Å². The minimum atomic E-state index is -0.340. The average molecular weight is 444 g/mol. The number of nitrogens with zero attached hydrogens (tertiary/aromatic N) is 3. The zero-order chi connectivity index (χ0) is 21.7. The van der Waals surface area contributed by atoms with Crippen LogP contribution >= 0.6 is 23.4 Å². The molecule has 0 aliphatic heterocycles. The van der Waals surface area contributed by atoms with Gasteiger partial charge in [-0.25, -0.2) is 0 Å². The molecule has 30 heavy (non-hydrogen) atoms. The lowest BCUT2D eigenvalue weighted by atomic mass is 10.2. The first-order valence-corrected chi connectivity index (χ1v) is 10.7. The minimum absolute atomic E-state index is 0.166. The molecule has 2 amide bonds. The molecular formula is C21H22ClN5O2S. The van der Waals surface area contributed by atoms with Crippen LogP contribution in [0.1, 0.15) is 34.7 Å². The van der Waals surface area contributed by atoms with Crippen LogP contribution in [0.15, 0.2) is 53.7 Å². The number of aromatic nitrogens is 3. The van der Waals surface area contributed by atoms with E-state index in [4.69, 9.17) is 11.6 Å². The molecule has 0 spiro atoms. The predicted molar refractivity (Wildman–Crippen MR) is 119 cm³/mol. The molecule has 1 atom stereocenters. The van der Waals surface area contributed by atoms with Crippen LogP contribution in [0.25, 0.3) is 0 Å². The van der Waals surface area contributed by atoms with E-state index in [1.54, 1.807) is 34.9 Å². The fourth-order valence-corrected chi connectivity index (χ4v) is 3.71. The van der Waals surface area contributed by atoms with Gasteiger partial charge in [-0.3, -0.25) is 9.59 Å². The van der Waals surface area contributed by atoms with Crippen molar-refractivity contribution in [3.05, 3.63) is 70.5 Å². The summed E-state index contributed by atoms with van der Waals surface area (Å²) < 4.78 is 1.78. The summed E-state index contributed by atoms with van der Waals surface area (Å²) in [7, 11) is 1.81. The van der Waals surface area contributed by atoms with Gasteiger partial charge in [-0.2, -0.15) is 0 Å². The molecule has 3 rings (SSSR count). The summed E-state index contributed by atoms with van der Waals surface area (Å²) in [6.45, 7) is 3.69. The number of amides is 2. The quantitative estimate of drug-likeness (QED) is 0.539. The Hall–Kier alpha value is -2.84. The largest absolute Gasteiger partial charge is 0.342 e. The van der Waals surface area contributed by atoms with Gasteiger partial charge in [0.15, 0.2) is 11.0 Å². The Morgan fingerprint density at radius 1 is 1.13 bits per heavy atom. The molecule has 0 fully saturated rings. The van der Waals surface area contributed by atoms with Gasteiger partial charge in [0.25, 0.3) is 5.91 Å². The maximum absolute atomic E-state index is 12.4. The highest BCUT2D eigenvalue weighted by atomic mass is 35.5. The molecule has 0 aliphatic carbocycles. The van der Waals surface area contributed by atoms with Gasteiger partial charge in [0, 0.05) is 23.3 Å². The molecule has 156 valence electrons. The lowest BCUT2D eigenvalue weighted by molar-refractivity contribution is -0.113. The second-order valence-electron chi connectivity index (χ2n) is 6.71. The molecule has 0 saturated heterocycles. The van der Waals surface area contributed by atoms with Crippen LogP contribution in [0.2, 0.25) is 5.02 Å². The van der Waals surface area contributed by atoms with E-state index >= 15 is 0 Å². The fourth-order valence-electron chi connectivity index (χ4n) is 2.82. The van der Waals surface area contributed by atoms with Crippen molar-refractivity contribution in [2.75, 3.05) is 11.1 Å². The normalized spacial score (nSPS) is 11.7. The summed E-state index contributed by atoms with van der Waals surface area (Å²) in [5.41, 5.74) is 2.08. The van der Waals surface area contributed by atoms with E-state index in [1.807, 2.05) is 39.1 Å². The fraction of sp³-hybridized carbons (Fsp3) is 0.238. The number of carbonyl (C=O) groups is 2. The van der Waals surface area contributed by atoms with Crippen molar-refractivity contribution >= 4 is 40.9 Å². The second kappa shape index (κ2) is 9.77. The molecule has 1 heterocycles. The van der Waals surface area contributed by atoms with Crippen molar-refractivity contribution < 1.29 is 9.59 Å². The Morgan fingerprint density at radius 2 is 1.87 bits per heavy atom. The maximum atomic E-state index is 12.4. The molecule has 0 radical (unpaired) electrons. The molecule has 0 unspecified atom stereocenters. The van der Waals surface area contributed by atoms with Crippen molar-refractivity contribution in [2.45, 2.75) is 25.0 Å². The molecule has 0 aliphatic rings. The zero-order valence-electron chi connectivity index (χ0n) is 16.8. The van der Waals surface area contributed by atoms with E-state index in [-0.39, 0.29) is 23.6 Å². The van der Waals surface area contributed by atoms with Crippen molar-refractivity contribution in [1.29, 1.82) is 0 Å². The molecule has 0 saturated carbocycles. The number of rotatable bonds is 7. The van der Waals surface area contributed by atoms with Crippen LogP contribution in [0.3, 0.4) is 0 Å². The van der Waals surface area contributed by atoms with Gasteiger partial charge >= 0.3 is 0 Å². The monoisotopic (exact) mass is 443 g/mol. The van der Waals surface area contributed by atoms with Gasteiger partial charge in [-0.15, -0.1) is 10.2 Å². The number of hydrogen-bond donors (Lipinski definition) is 2. The number of nitrogens with one attached hydrogen (secondary N) is 2. The van der Waals surface area contributed by atoms with Gasteiger partial charge < -0.3 is 15.2 Å². The first-order chi connectivity index (χ1) is 14.4. The van der Waals surface area contributed by atoms with Crippen LogP contribution in [-0.2, 0) is 11.8 Å². The molecule has 2 N–H and O–H groups in total. The number of thioether (sulfide) groups is 1. The smallest absolute Gasteiger partial charge is 0.251 e. The van der Waals surface area contributed by atoms with Crippen molar-refractivity contribution in [3.8, 4) is 0 Å². The molecule has 9 heteroatoms. The Balaban J connectivity index is 1.59. The number of halogens is 1. The first kappa shape index (κ1) is 21.9. The van der Waals surface area contributed by atoms with Gasteiger partial charge in [0.1, 0.15) is 0 Å². The molecular weight excluding hydrogens is 422 g/mol. The summed E-state index contributed by atoms with van der Waals surface area (Å²) in [6.07, 6.45) is 0. The van der Waals surface area contributed by atoms with E-state index in [1.165, 1.54) is 11.8 Å². The highest BCUT2D eigenvalue weighted by Crippen LogP contribution is 2.24.